The number of carbonyl (C=O) groups excluding carboxylic acids is 1. The summed E-state index contributed by atoms with van der Waals surface area (Å²) >= 11 is 0. The van der Waals surface area contributed by atoms with Crippen molar-refractivity contribution in [2.45, 2.75) is 13.5 Å². The van der Waals surface area contributed by atoms with Gasteiger partial charge in [0.05, 0.1) is 20.5 Å². The van der Waals surface area contributed by atoms with Crippen LogP contribution in [-0.4, -0.2) is 20.2 Å². The standard InChI is InChI=1S/C19H20O4/c1-14-8-4-7-11-18(14)23-12-15-9-5-6-10-16(15)17(13-21-2)19(20)22-3/h4-11,13H,12H2,1-3H3/b17-13+. The molecule has 4 heteroatoms. The fraction of sp³-hybridized carbons (Fsp3) is 0.211. The van der Waals surface area contributed by atoms with Crippen LogP contribution in [0.3, 0.4) is 0 Å². The lowest BCUT2D eigenvalue weighted by Crippen LogP contribution is -2.08. The first-order valence-corrected chi connectivity index (χ1v) is 7.25. The fourth-order valence-corrected chi connectivity index (χ4v) is 2.23. The van der Waals surface area contributed by atoms with Crippen LogP contribution >= 0.6 is 0 Å². The molecule has 0 saturated carbocycles. The third kappa shape index (κ3) is 4.13. The molecule has 23 heavy (non-hydrogen) atoms. The topological polar surface area (TPSA) is 44.8 Å². The van der Waals surface area contributed by atoms with Crippen molar-refractivity contribution in [3.05, 3.63) is 71.5 Å². The highest BCUT2D eigenvalue weighted by atomic mass is 16.5. The van der Waals surface area contributed by atoms with Gasteiger partial charge in [0.15, 0.2) is 0 Å². The van der Waals surface area contributed by atoms with Gasteiger partial charge in [0, 0.05) is 0 Å². The van der Waals surface area contributed by atoms with Crippen molar-refractivity contribution in [3.63, 3.8) is 0 Å². The number of benzene rings is 2. The summed E-state index contributed by atoms with van der Waals surface area (Å²) in [6.07, 6.45) is 1.39. The number of para-hydroxylation sites is 1. The zero-order valence-electron chi connectivity index (χ0n) is 13.5. The second-order valence-corrected chi connectivity index (χ2v) is 4.97. The highest BCUT2D eigenvalue weighted by molar-refractivity contribution is 6.16. The van der Waals surface area contributed by atoms with E-state index in [-0.39, 0.29) is 0 Å². The van der Waals surface area contributed by atoms with Gasteiger partial charge in [-0.2, -0.15) is 0 Å². The minimum Gasteiger partial charge on any atom is -0.503 e. The minimum absolute atomic E-state index is 0.346. The predicted molar refractivity (Wildman–Crippen MR) is 89.0 cm³/mol. The molecule has 0 heterocycles. The summed E-state index contributed by atoms with van der Waals surface area (Å²) in [6.45, 7) is 2.34. The molecule has 0 N–H and O–H groups in total. The van der Waals surface area contributed by atoms with E-state index in [1.165, 1.54) is 20.5 Å². The van der Waals surface area contributed by atoms with Crippen LogP contribution in [0.1, 0.15) is 16.7 Å². The van der Waals surface area contributed by atoms with Crippen molar-refractivity contribution in [3.8, 4) is 5.75 Å². The van der Waals surface area contributed by atoms with Crippen LogP contribution in [0.5, 0.6) is 5.75 Å². The number of hydrogen-bond donors (Lipinski definition) is 0. The number of hydrogen-bond acceptors (Lipinski definition) is 4. The van der Waals surface area contributed by atoms with Crippen LogP contribution in [0.4, 0.5) is 0 Å². The zero-order chi connectivity index (χ0) is 16.7. The number of carbonyl (C=O) groups is 1. The van der Waals surface area contributed by atoms with E-state index in [1.807, 2.05) is 55.5 Å². The maximum absolute atomic E-state index is 12.0. The van der Waals surface area contributed by atoms with Gasteiger partial charge in [0.1, 0.15) is 17.9 Å². The zero-order valence-corrected chi connectivity index (χ0v) is 13.5. The quantitative estimate of drug-likeness (QED) is 0.463. The van der Waals surface area contributed by atoms with Gasteiger partial charge in [0.25, 0.3) is 0 Å². The van der Waals surface area contributed by atoms with Crippen molar-refractivity contribution in [1.29, 1.82) is 0 Å². The average Bonchev–Trinajstić information content (AvgIpc) is 2.59. The van der Waals surface area contributed by atoms with Crippen molar-refractivity contribution in [1.82, 2.24) is 0 Å². The van der Waals surface area contributed by atoms with E-state index in [2.05, 4.69) is 0 Å². The molecule has 0 bridgehead atoms. The van der Waals surface area contributed by atoms with Crippen molar-refractivity contribution < 1.29 is 19.0 Å². The predicted octanol–water partition coefficient (Wildman–Crippen LogP) is 3.73. The van der Waals surface area contributed by atoms with Crippen LogP contribution in [0.2, 0.25) is 0 Å². The van der Waals surface area contributed by atoms with Gasteiger partial charge in [-0.25, -0.2) is 4.79 Å². The molecule has 0 radical (unpaired) electrons. The summed E-state index contributed by atoms with van der Waals surface area (Å²) in [7, 11) is 2.84. The third-order valence-electron chi connectivity index (χ3n) is 3.43. The molecule has 0 spiro atoms. The lowest BCUT2D eigenvalue weighted by atomic mass is 10.0. The Hall–Kier alpha value is -2.75. The van der Waals surface area contributed by atoms with Gasteiger partial charge in [-0.05, 0) is 29.7 Å². The maximum Gasteiger partial charge on any atom is 0.341 e. The van der Waals surface area contributed by atoms with Crippen molar-refractivity contribution in [2.24, 2.45) is 0 Å². The highest BCUT2D eigenvalue weighted by Crippen LogP contribution is 2.24. The Morgan fingerprint density at radius 2 is 1.74 bits per heavy atom. The van der Waals surface area contributed by atoms with Crippen LogP contribution in [-0.2, 0) is 20.9 Å². The SMILES string of the molecule is CO/C=C(/C(=O)OC)c1ccccc1COc1ccccc1C. The third-order valence-corrected chi connectivity index (χ3v) is 3.43. The smallest absolute Gasteiger partial charge is 0.341 e. The lowest BCUT2D eigenvalue weighted by Gasteiger charge is -2.13. The Balaban J connectivity index is 2.28. The molecular weight excluding hydrogens is 292 g/mol. The number of aryl methyl sites for hydroxylation is 1. The Morgan fingerprint density at radius 3 is 2.43 bits per heavy atom. The summed E-state index contributed by atoms with van der Waals surface area (Å²) < 4.78 is 15.7. The molecule has 0 saturated heterocycles. The van der Waals surface area contributed by atoms with Crippen LogP contribution < -0.4 is 4.74 Å². The van der Waals surface area contributed by atoms with Gasteiger partial charge in [-0.3, -0.25) is 0 Å². The molecule has 0 aromatic heterocycles. The summed E-state index contributed by atoms with van der Waals surface area (Å²) in [5.41, 5.74) is 3.03. The molecule has 0 amide bonds. The van der Waals surface area contributed by atoms with Crippen molar-refractivity contribution in [2.75, 3.05) is 14.2 Å². The van der Waals surface area contributed by atoms with Crippen LogP contribution in [0.15, 0.2) is 54.8 Å². The summed E-state index contributed by atoms with van der Waals surface area (Å²) in [6, 6.07) is 15.3. The van der Waals surface area contributed by atoms with Gasteiger partial charge in [0.2, 0.25) is 0 Å². The monoisotopic (exact) mass is 312 g/mol. The van der Waals surface area contributed by atoms with Crippen LogP contribution in [0, 0.1) is 6.92 Å². The number of rotatable bonds is 6. The summed E-state index contributed by atoms with van der Waals surface area (Å²) in [5.74, 6) is 0.368. The van der Waals surface area contributed by atoms with E-state index in [4.69, 9.17) is 14.2 Å². The van der Waals surface area contributed by atoms with E-state index in [0.29, 0.717) is 12.2 Å². The molecule has 0 fully saturated rings. The Morgan fingerprint density at radius 1 is 1.04 bits per heavy atom. The summed E-state index contributed by atoms with van der Waals surface area (Å²) in [4.78, 5) is 12.0. The van der Waals surface area contributed by atoms with Gasteiger partial charge >= 0.3 is 5.97 Å². The van der Waals surface area contributed by atoms with Gasteiger partial charge < -0.3 is 14.2 Å². The van der Waals surface area contributed by atoms with E-state index < -0.39 is 5.97 Å². The molecule has 2 rings (SSSR count). The number of esters is 1. The molecule has 2 aromatic carbocycles. The first-order chi connectivity index (χ1) is 11.2. The molecule has 0 atom stereocenters. The number of methoxy groups -OCH3 is 2. The maximum atomic E-state index is 12.0. The minimum atomic E-state index is -0.449. The largest absolute Gasteiger partial charge is 0.503 e. The normalized spacial score (nSPS) is 11.0. The first kappa shape index (κ1) is 16.6. The molecule has 4 nitrogen and oxygen atoms in total. The van der Waals surface area contributed by atoms with E-state index >= 15 is 0 Å². The molecule has 2 aromatic rings. The fourth-order valence-electron chi connectivity index (χ4n) is 2.23. The van der Waals surface area contributed by atoms with E-state index in [9.17, 15) is 4.79 Å². The number of ether oxygens (including phenoxy) is 3. The van der Waals surface area contributed by atoms with Gasteiger partial charge in [-0.15, -0.1) is 0 Å². The summed E-state index contributed by atoms with van der Waals surface area (Å²) in [5, 5.41) is 0. The second kappa shape index (κ2) is 8.03. The molecule has 0 aliphatic rings. The molecule has 0 unspecified atom stereocenters. The lowest BCUT2D eigenvalue weighted by molar-refractivity contribution is -0.133. The first-order valence-electron chi connectivity index (χ1n) is 7.25. The Kier molecular flexibility index (Phi) is 5.80. The Labute approximate surface area is 136 Å². The molecule has 120 valence electrons. The average molecular weight is 312 g/mol. The molecule has 0 aliphatic heterocycles. The molecule has 0 aliphatic carbocycles. The Bertz CT molecular complexity index is 704. The van der Waals surface area contributed by atoms with Crippen LogP contribution in [0.25, 0.3) is 5.57 Å². The van der Waals surface area contributed by atoms with E-state index in [1.54, 1.807) is 0 Å². The van der Waals surface area contributed by atoms with Gasteiger partial charge in [-0.1, -0.05) is 42.5 Å². The highest BCUT2D eigenvalue weighted by Gasteiger charge is 2.16. The van der Waals surface area contributed by atoms with E-state index in [0.717, 1.165) is 22.4 Å². The second-order valence-electron chi connectivity index (χ2n) is 4.97. The molecular formula is C19H20O4. The van der Waals surface area contributed by atoms with Crippen molar-refractivity contribution >= 4 is 11.5 Å².